The van der Waals surface area contributed by atoms with Gasteiger partial charge >= 0.3 is 0 Å². The summed E-state index contributed by atoms with van der Waals surface area (Å²) in [6.45, 7) is 2.87. The van der Waals surface area contributed by atoms with Crippen molar-refractivity contribution < 1.29 is 13.2 Å². The first-order valence-electron chi connectivity index (χ1n) is 9.71. The Morgan fingerprint density at radius 2 is 1.93 bits per heavy atom. The fourth-order valence-corrected chi connectivity index (χ4v) is 5.04. The highest BCUT2D eigenvalue weighted by molar-refractivity contribution is 7.93. The summed E-state index contributed by atoms with van der Waals surface area (Å²) < 4.78 is 34.5. The molecule has 4 rings (SSSR count). The second-order valence-corrected chi connectivity index (χ2v) is 9.25. The van der Waals surface area contributed by atoms with Crippen LogP contribution >= 0.6 is 0 Å². The predicted octanol–water partition coefficient (Wildman–Crippen LogP) is 4.50. The van der Waals surface area contributed by atoms with Crippen LogP contribution in [0.15, 0.2) is 42.5 Å². The maximum atomic E-state index is 12.2. The lowest BCUT2D eigenvalue weighted by atomic mass is 10.1. The molecule has 0 unspecified atom stereocenters. The summed E-state index contributed by atoms with van der Waals surface area (Å²) in [5, 5.41) is 10.5. The molecule has 0 amide bonds. The Bertz CT molecular complexity index is 1200. The molecule has 1 fully saturated rings. The minimum Gasteiger partial charge on any atom is -0.497 e. The Labute approximate surface area is 170 Å². The molecule has 7 heteroatoms. The molecule has 2 aromatic carbocycles. The third-order valence-corrected chi connectivity index (χ3v) is 7.08. The van der Waals surface area contributed by atoms with Crippen LogP contribution in [-0.4, -0.2) is 25.3 Å². The van der Waals surface area contributed by atoms with Gasteiger partial charge in [-0.3, -0.25) is 4.72 Å². The average molecular weight is 410 g/mol. The molecular formula is C22H23N3O3S. The molecule has 1 aromatic heterocycles. The van der Waals surface area contributed by atoms with Crippen LogP contribution in [-0.2, 0) is 16.6 Å². The Morgan fingerprint density at radius 1 is 1.21 bits per heavy atom. The first-order valence-corrected chi connectivity index (χ1v) is 11.3. The zero-order chi connectivity index (χ0) is 20.6. The van der Waals surface area contributed by atoms with E-state index in [1.54, 1.807) is 19.2 Å². The minimum atomic E-state index is -3.30. The first-order chi connectivity index (χ1) is 14.0. The second-order valence-electron chi connectivity index (χ2n) is 7.29. The lowest BCUT2D eigenvalue weighted by Crippen LogP contribution is -2.17. The number of benzene rings is 2. The van der Waals surface area contributed by atoms with E-state index in [0.29, 0.717) is 17.0 Å². The van der Waals surface area contributed by atoms with Crippen LogP contribution in [0.5, 0.6) is 5.75 Å². The number of anilines is 1. The van der Waals surface area contributed by atoms with Crippen molar-refractivity contribution in [1.82, 2.24) is 4.57 Å². The fourth-order valence-electron chi connectivity index (χ4n) is 3.65. The molecule has 0 saturated heterocycles. The highest BCUT2D eigenvalue weighted by atomic mass is 32.2. The number of nitriles is 1. The summed E-state index contributed by atoms with van der Waals surface area (Å²) in [7, 11) is -1.69. The molecule has 29 heavy (non-hydrogen) atoms. The van der Waals surface area contributed by atoms with Gasteiger partial charge in [0.15, 0.2) is 0 Å². The maximum absolute atomic E-state index is 12.2. The van der Waals surface area contributed by atoms with Crippen molar-refractivity contribution >= 4 is 26.6 Å². The van der Waals surface area contributed by atoms with Gasteiger partial charge in [-0.2, -0.15) is 5.26 Å². The van der Waals surface area contributed by atoms with E-state index in [-0.39, 0.29) is 5.25 Å². The number of aromatic nitrogens is 1. The third kappa shape index (κ3) is 3.56. The van der Waals surface area contributed by atoms with Crippen molar-refractivity contribution in [3.63, 3.8) is 0 Å². The van der Waals surface area contributed by atoms with Crippen molar-refractivity contribution in [3.8, 4) is 23.1 Å². The van der Waals surface area contributed by atoms with Gasteiger partial charge in [0.1, 0.15) is 11.8 Å². The molecule has 0 aliphatic heterocycles. The molecule has 0 spiro atoms. The number of methoxy groups -OCH3 is 1. The summed E-state index contributed by atoms with van der Waals surface area (Å²) in [6.07, 6.45) is 2.37. The molecule has 1 heterocycles. The molecule has 150 valence electrons. The quantitative estimate of drug-likeness (QED) is 0.623. The van der Waals surface area contributed by atoms with E-state index in [1.807, 2.05) is 30.3 Å². The van der Waals surface area contributed by atoms with Crippen LogP contribution in [0.25, 0.3) is 22.2 Å². The molecular weight excluding hydrogens is 386 g/mol. The van der Waals surface area contributed by atoms with Crippen molar-refractivity contribution in [2.24, 2.45) is 0 Å². The van der Waals surface area contributed by atoms with E-state index < -0.39 is 10.0 Å². The zero-order valence-electron chi connectivity index (χ0n) is 16.5. The summed E-state index contributed by atoms with van der Waals surface area (Å²) in [5.41, 5.74) is 3.84. The minimum absolute atomic E-state index is 0.269. The molecule has 0 radical (unpaired) electrons. The topological polar surface area (TPSA) is 84.1 Å². The third-order valence-electron chi connectivity index (χ3n) is 5.21. The lowest BCUT2D eigenvalue weighted by molar-refractivity contribution is 0.415. The Kier molecular flexibility index (Phi) is 4.97. The smallest absolute Gasteiger partial charge is 0.235 e. The number of nitrogens with one attached hydrogen (secondary N) is 1. The van der Waals surface area contributed by atoms with Gasteiger partial charge < -0.3 is 9.30 Å². The van der Waals surface area contributed by atoms with Crippen LogP contribution in [0.2, 0.25) is 0 Å². The van der Waals surface area contributed by atoms with Crippen LogP contribution in [0, 0.1) is 11.3 Å². The number of sulfonamides is 1. The number of fused-ring (bicyclic) bond motifs is 1. The van der Waals surface area contributed by atoms with Gasteiger partial charge in [-0.05, 0) is 55.2 Å². The van der Waals surface area contributed by atoms with Gasteiger partial charge in [-0.15, -0.1) is 0 Å². The number of hydrogen-bond donors (Lipinski definition) is 1. The largest absolute Gasteiger partial charge is 0.497 e. The van der Waals surface area contributed by atoms with Gasteiger partial charge in [0.05, 0.1) is 29.1 Å². The van der Waals surface area contributed by atoms with Gasteiger partial charge in [0, 0.05) is 17.6 Å². The van der Waals surface area contributed by atoms with Crippen LogP contribution in [0.3, 0.4) is 0 Å². The number of hydrogen-bond acceptors (Lipinski definition) is 4. The molecule has 1 saturated carbocycles. The Hall–Kier alpha value is -2.98. The monoisotopic (exact) mass is 409 g/mol. The van der Waals surface area contributed by atoms with E-state index >= 15 is 0 Å². The number of nitrogens with zero attached hydrogens (tertiary/aromatic N) is 2. The van der Waals surface area contributed by atoms with E-state index in [9.17, 15) is 13.7 Å². The van der Waals surface area contributed by atoms with E-state index in [0.717, 1.165) is 48.0 Å². The van der Waals surface area contributed by atoms with Crippen molar-refractivity contribution in [3.05, 3.63) is 48.0 Å². The number of rotatable bonds is 7. The average Bonchev–Trinajstić information content (AvgIpc) is 3.53. The zero-order valence-corrected chi connectivity index (χ0v) is 17.3. The van der Waals surface area contributed by atoms with Crippen LogP contribution in [0.4, 0.5) is 5.69 Å². The van der Waals surface area contributed by atoms with Crippen LogP contribution < -0.4 is 9.46 Å². The highest BCUT2D eigenvalue weighted by Gasteiger charge is 2.35. The normalized spacial score (nSPS) is 14.0. The summed E-state index contributed by atoms with van der Waals surface area (Å²) in [5.74, 6) is 0.707. The van der Waals surface area contributed by atoms with Crippen LogP contribution in [0.1, 0.15) is 31.7 Å². The number of aryl methyl sites for hydroxylation is 1. The fraction of sp³-hybridized carbons (Fsp3) is 0.318. The van der Waals surface area contributed by atoms with Gasteiger partial charge in [0.2, 0.25) is 10.0 Å². The molecule has 1 aliphatic carbocycles. The van der Waals surface area contributed by atoms with Crippen molar-refractivity contribution in [2.75, 3.05) is 11.8 Å². The Balaban J connectivity index is 1.80. The SMILES string of the molecule is CCCn1c(-c2ccc(NS(=O)(=O)C3CC3)cc2)c(C#N)c2cc(OC)ccc21. The molecule has 0 atom stereocenters. The number of ether oxygens (including phenoxy) is 1. The Morgan fingerprint density at radius 3 is 2.52 bits per heavy atom. The van der Waals surface area contributed by atoms with Gasteiger partial charge in [0.25, 0.3) is 0 Å². The van der Waals surface area contributed by atoms with Crippen molar-refractivity contribution in [1.29, 1.82) is 5.26 Å². The second kappa shape index (κ2) is 7.45. The summed E-state index contributed by atoms with van der Waals surface area (Å²) in [6, 6.07) is 15.4. The molecule has 0 bridgehead atoms. The summed E-state index contributed by atoms with van der Waals surface area (Å²) in [4.78, 5) is 0. The lowest BCUT2D eigenvalue weighted by Gasteiger charge is -2.12. The standard InChI is InChI=1S/C22H23N3O3S/c1-3-12-25-21-11-8-17(28-2)13-19(21)20(14-23)22(25)15-4-6-16(7-5-15)24-29(26,27)18-9-10-18/h4-8,11,13,18,24H,3,9-10,12H2,1-2H3. The van der Waals surface area contributed by atoms with Gasteiger partial charge in [-0.1, -0.05) is 19.1 Å². The van der Waals surface area contributed by atoms with E-state index in [4.69, 9.17) is 4.74 Å². The van der Waals surface area contributed by atoms with E-state index in [2.05, 4.69) is 22.3 Å². The first kappa shape index (κ1) is 19.3. The van der Waals surface area contributed by atoms with Crippen molar-refractivity contribution in [2.45, 2.75) is 38.0 Å². The predicted molar refractivity (Wildman–Crippen MR) is 114 cm³/mol. The summed E-state index contributed by atoms with van der Waals surface area (Å²) >= 11 is 0. The van der Waals surface area contributed by atoms with E-state index in [1.165, 1.54) is 0 Å². The molecule has 3 aromatic rings. The highest BCUT2D eigenvalue weighted by Crippen LogP contribution is 2.36. The molecule has 1 aliphatic rings. The molecule has 1 N–H and O–H groups in total. The molecule has 6 nitrogen and oxygen atoms in total. The maximum Gasteiger partial charge on any atom is 0.235 e. The van der Waals surface area contributed by atoms with Gasteiger partial charge in [-0.25, -0.2) is 8.42 Å².